The van der Waals surface area contributed by atoms with Crippen molar-refractivity contribution in [1.29, 1.82) is 0 Å². The zero-order valence-corrected chi connectivity index (χ0v) is 15.9. The lowest BCUT2D eigenvalue weighted by Gasteiger charge is -2.25. The molecule has 1 saturated heterocycles. The van der Waals surface area contributed by atoms with Crippen LogP contribution in [0.25, 0.3) is 0 Å². The molecule has 0 atom stereocenters. The minimum atomic E-state index is -3.43. The first-order valence-electron chi connectivity index (χ1n) is 8.60. The van der Waals surface area contributed by atoms with Crippen LogP contribution in [0.15, 0.2) is 53.4 Å². The number of sulfonamides is 1. The number of nitrogens with one attached hydrogen (secondary N) is 1. The second kappa shape index (κ2) is 8.20. The topological polar surface area (TPSA) is 66.5 Å². The van der Waals surface area contributed by atoms with Gasteiger partial charge in [0.25, 0.3) is 5.91 Å². The highest BCUT2D eigenvalue weighted by atomic mass is 35.5. The van der Waals surface area contributed by atoms with E-state index in [0.29, 0.717) is 35.1 Å². The molecule has 0 unspecified atom stereocenters. The smallest absolute Gasteiger partial charge is 0.253 e. The molecule has 26 heavy (non-hydrogen) atoms. The van der Waals surface area contributed by atoms with Gasteiger partial charge in [0.1, 0.15) is 0 Å². The molecule has 0 aromatic heterocycles. The van der Waals surface area contributed by atoms with Crippen LogP contribution in [0, 0.1) is 0 Å². The molecule has 0 spiro atoms. The van der Waals surface area contributed by atoms with Gasteiger partial charge in [-0.3, -0.25) is 4.79 Å². The molecule has 138 valence electrons. The van der Waals surface area contributed by atoms with Gasteiger partial charge in [-0.2, -0.15) is 4.31 Å². The van der Waals surface area contributed by atoms with Gasteiger partial charge >= 0.3 is 0 Å². The molecule has 1 heterocycles. The Kier molecular flexibility index (Phi) is 5.96. The van der Waals surface area contributed by atoms with Crippen LogP contribution in [0.3, 0.4) is 0 Å². The molecule has 0 saturated carbocycles. The number of halogens is 1. The Morgan fingerprint density at radius 1 is 1.00 bits per heavy atom. The molecular weight excluding hydrogens is 372 g/mol. The summed E-state index contributed by atoms with van der Waals surface area (Å²) in [5.74, 6) is -0.263. The highest BCUT2D eigenvalue weighted by Gasteiger charge is 2.25. The van der Waals surface area contributed by atoms with Crippen LogP contribution in [0.5, 0.6) is 0 Å². The van der Waals surface area contributed by atoms with Crippen molar-refractivity contribution in [2.24, 2.45) is 0 Å². The molecule has 0 radical (unpaired) electrons. The van der Waals surface area contributed by atoms with Crippen molar-refractivity contribution in [1.82, 2.24) is 9.62 Å². The molecule has 1 aliphatic heterocycles. The van der Waals surface area contributed by atoms with Crippen molar-refractivity contribution in [3.63, 3.8) is 0 Å². The predicted molar refractivity (Wildman–Crippen MR) is 102 cm³/mol. The summed E-state index contributed by atoms with van der Waals surface area (Å²) in [7, 11) is -3.43. The number of rotatable bonds is 5. The SMILES string of the molecule is O=C(NCc1ccc(S(=O)(=O)N2CCCCC2)cc1)c1ccccc1Cl. The summed E-state index contributed by atoms with van der Waals surface area (Å²) < 4.78 is 26.8. The maximum Gasteiger partial charge on any atom is 0.253 e. The molecule has 2 aromatic carbocycles. The molecule has 1 fully saturated rings. The Bertz CT molecular complexity index is 876. The predicted octanol–water partition coefficient (Wildman–Crippen LogP) is 3.44. The van der Waals surface area contributed by atoms with E-state index in [4.69, 9.17) is 11.6 Å². The summed E-state index contributed by atoms with van der Waals surface area (Å²) in [5.41, 5.74) is 1.24. The summed E-state index contributed by atoms with van der Waals surface area (Å²) in [4.78, 5) is 12.5. The average molecular weight is 393 g/mol. The lowest BCUT2D eigenvalue weighted by atomic mass is 10.2. The minimum Gasteiger partial charge on any atom is -0.348 e. The lowest BCUT2D eigenvalue weighted by molar-refractivity contribution is 0.0951. The van der Waals surface area contributed by atoms with Gasteiger partial charge in [-0.05, 0) is 42.7 Å². The van der Waals surface area contributed by atoms with Crippen LogP contribution < -0.4 is 5.32 Å². The van der Waals surface area contributed by atoms with Crippen molar-refractivity contribution in [2.75, 3.05) is 13.1 Å². The molecule has 0 aliphatic carbocycles. The fourth-order valence-corrected chi connectivity index (χ4v) is 4.70. The van der Waals surface area contributed by atoms with Crippen molar-refractivity contribution >= 4 is 27.5 Å². The van der Waals surface area contributed by atoms with E-state index in [1.54, 1.807) is 52.8 Å². The van der Waals surface area contributed by atoms with Gasteiger partial charge in [0.15, 0.2) is 0 Å². The Hall–Kier alpha value is -1.89. The molecule has 1 N–H and O–H groups in total. The summed E-state index contributed by atoms with van der Waals surface area (Å²) >= 11 is 6.01. The quantitative estimate of drug-likeness (QED) is 0.847. The Balaban J connectivity index is 1.64. The van der Waals surface area contributed by atoms with Crippen LogP contribution in [-0.2, 0) is 16.6 Å². The molecule has 2 aromatic rings. The van der Waals surface area contributed by atoms with E-state index in [9.17, 15) is 13.2 Å². The fourth-order valence-electron chi connectivity index (χ4n) is 2.96. The first kappa shape index (κ1) is 18.9. The van der Waals surface area contributed by atoms with Crippen LogP contribution >= 0.6 is 11.6 Å². The number of benzene rings is 2. The van der Waals surface area contributed by atoms with Gasteiger partial charge in [-0.25, -0.2) is 8.42 Å². The molecular formula is C19H21ClN2O3S. The maximum absolute atomic E-state index is 12.6. The van der Waals surface area contributed by atoms with E-state index in [2.05, 4.69) is 5.32 Å². The second-order valence-corrected chi connectivity index (χ2v) is 8.62. The van der Waals surface area contributed by atoms with Gasteiger partial charge in [-0.1, -0.05) is 42.3 Å². The summed E-state index contributed by atoms with van der Waals surface area (Å²) in [6, 6.07) is 13.5. The van der Waals surface area contributed by atoms with E-state index in [-0.39, 0.29) is 5.91 Å². The summed E-state index contributed by atoms with van der Waals surface area (Å²) in [5, 5.41) is 3.19. The van der Waals surface area contributed by atoms with E-state index in [1.165, 1.54) is 0 Å². The van der Waals surface area contributed by atoms with Crippen LogP contribution in [0.2, 0.25) is 5.02 Å². The average Bonchev–Trinajstić information content (AvgIpc) is 2.67. The van der Waals surface area contributed by atoms with Gasteiger partial charge < -0.3 is 5.32 Å². The van der Waals surface area contributed by atoms with Gasteiger partial charge in [0.2, 0.25) is 10.0 Å². The maximum atomic E-state index is 12.6. The molecule has 1 aliphatic rings. The highest BCUT2D eigenvalue weighted by molar-refractivity contribution is 7.89. The number of carbonyl (C=O) groups excluding carboxylic acids is 1. The molecule has 7 heteroatoms. The largest absolute Gasteiger partial charge is 0.348 e. The van der Waals surface area contributed by atoms with Crippen molar-refractivity contribution < 1.29 is 13.2 Å². The van der Waals surface area contributed by atoms with E-state index < -0.39 is 10.0 Å². The summed E-state index contributed by atoms with van der Waals surface area (Å²) in [6.45, 7) is 1.46. The molecule has 3 rings (SSSR count). The molecule has 0 bridgehead atoms. The normalized spacial score (nSPS) is 15.6. The number of carbonyl (C=O) groups is 1. The summed E-state index contributed by atoms with van der Waals surface area (Å²) in [6.07, 6.45) is 2.90. The minimum absolute atomic E-state index is 0.263. The number of nitrogens with zero attached hydrogens (tertiary/aromatic N) is 1. The first-order chi connectivity index (χ1) is 12.5. The van der Waals surface area contributed by atoms with Crippen LogP contribution in [0.1, 0.15) is 35.2 Å². The number of piperidine rings is 1. The van der Waals surface area contributed by atoms with Gasteiger partial charge in [0, 0.05) is 19.6 Å². The third-order valence-electron chi connectivity index (χ3n) is 4.45. The van der Waals surface area contributed by atoms with Gasteiger partial charge in [-0.15, -0.1) is 0 Å². The number of amides is 1. The number of hydrogen-bond donors (Lipinski definition) is 1. The third kappa shape index (κ3) is 4.26. The van der Waals surface area contributed by atoms with Crippen LogP contribution in [-0.4, -0.2) is 31.7 Å². The second-order valence-electron chi connectivity index (χ2n) is 6.27. The Morgan fingerprint density at radius 3 is 2.31 bits per heavy atom. The Labute approximate surface area is 159 Å². The molecule has 5 nitrogen and oxygen atoms in total. The van der Waals surface area contributed by atoms with Crippen molar-refractivity contribution in [3.05, 3.63) is 64.7 Å². The van der Waals surface area contributed by atoms with Crippen LogP contribution in [0.4, 0.5) is 0 Å². The Morgan fingerprint density at radius 2 is 1.65 bits per heavy atom. The van der Waals surface area contributed by atoms with E-state index in [0.717, 1.165) is 24.8 Å². The van der Waals surface area contributed by atoms with Crippen molar-refractivity contribution in [2.45, 2.75) is 30.7 Å². The zero-order valence-electron chi connectivity index (χ0n) is 14.3. The standard InChI is InChI=1S/C19H21ClN2O3S/c20-18-7-3-2-6-17(18)19(23)21-14-15-8-10-16(11-9-15)26(24,25)22-12-4-1-5-13-22/h2-3,6-11H,1,4-5,12-14H2,(H,21,23). The zero-order chi connectivity index (χ0) is 18.6. The lowest BCUT2D eigenvalue weighted by Crippen LogP contribution is -2.35. The third-order valence-corrected chi connectivity index (χ3v) is 6.69. The van der Waals surface area contributed by atoms with Gasteiger partial charge in [0.05, 0.1) is 15.5 Å². The van der Waals surface area contributed by atoms with Crippen molar-refractivity contribution in [3.8, 4) is 0 Å². The number of hydrogen-bond acceptors (Lipinski definition) is 3. The fraction of sp³-hybridized carbons (Fsp3) is 0.316. The van der Waals surface area contributed by atoms with E-state index in [1.807, 2.05) is 0 Å². The monoisotopic (exact) mass is 392 g/mol. The highest BCUT2D eigenvalue weighted by Crippen LogP contribution is 2.21. The molecule has 1 amide bonds. The first-order valence-corrected chi connectivity index (χ1v) is 10.4. The van der Waals surface area contributed by atoms with E-state index >= 15 is 0 Å².